The standard InChI is InChI=1S/C18H21N3O2S/c22-17-15(19-18(23)24-17)12-13-4-3-5-16-14(13)6-9-21(16)11-10-20-7-1-2-8-20/h3-6,9,15H,1-2,7-8,10-12H2,(H,19,23). The summed E-state index contributed by atoms with van der Waals surface area (Å²) < 4.78 is 2.29. The van der Waals surface area contributed by atoms with E-state index in [1.165, 1.54) is 36.8 Å². The summed E-state index contributed by atoms with van der Waals surface area (Å²) in [5.41, 5.74) is 2.32. The van der Waals surface area contributed by atoms with Crippen LogP contribution in [0.5, 0.6) is 0 Å². The molecule has 2 saturated heterocycles. The van der Waals surface area contributed by atoms with Crippen LogP contribution in [0, 0.1) is 0 Å². The highest BCUT2D eigenvalue weighted by Gasteiger charge is 2.31. The Morgan fingerprint density at radius 2 is 1.96 bits per heavy atom. The number of carbonyl (C=O) groups is 2. The molecule has 5 nitrogen and oxygen atoms in total. The average molecular weight is 343 g/mol. The number of thioether (sulfide) groups is 1. The Balaban J connectivity index is 1.52. The monoisotopic (exact) mass is 343 g/mol. The molecular formula is C18H21N3O2S. The predicted octanol–water partition coefficient (Wildman–Crippen LogP) is 2.63. The van der Waals surface area contributed by atoms with Gasteiger partial charge in [-0.05, 0) is 43.6 Å². The maximum Gasteiger partial charge on any atom is 0.287 e. The smallest absolute Gasteiger partial charge is 0.287 e. The minimum absolute atomic E-state index is 0.0783. The van der Waals surface area contributed by atoms with Crippen molar-refractivity contribution in [3.05, 3.63) is 36.0 Å². The van der Waals surface area contributed by atoms with E-state index >= 15 is 0 Å². The number of aromatic nitrogens is 1. The molecule has 126 valence electrons. The fourth-order valence-electron chi connectivity index (χ4n) is 3.66. The molecule has 0 spiro atoms. The topological polar surface area (TPSA) is 54.3 Å². The summed E-state index contributed by atoms with van der Waals surface area (Å²) in [6, 6.07) is 7.95. The van der Waals surface area contributed by atoms with Gasteiger partial charge in [0.25, 0.3) is 5.24 Å². The zero-order valence-electron chi connectivity index (χ0n) is 13.5. The molecule has 2 aliphatic heterocycles. The molecule has 1 aromatic carbocycles. The summed E-state index contributed by atoms with van der Waals surface area (Å²) in [6.07, 6.45) is 5.32. The van der Waals surface area contributed by atoms with Crippen LogP contribution in [0.3, 0.4) is 0 Å². The Morgan fingerprint density at radius 1 is 1.12 bits per heavy atom. The van der Waals surface area contributed by atoms with Crippen LogP contribution in [0.15, 0.2) is 30.5 Å². The molecule has 4 rings (SSSR count). The highest BCUT2D eigenvalue weighted by atomic mass is 32.2. The van der Waals surface area contributed by atoms with Crippen LogP contribution in [0.4, 0.5) is 4.79 Å². The Bertz CT molecular complexity index is 780. The van der Waals surface area contributed by atoms with Crippen LogP contribution in [0.1, 0.15) is 18.4 Å². The molecule has 0 radical (unpaired) electrons. The van der Waals surface area contributed by atoms with Crippen molar-refractivity contribution < 1.29 is 9.59 Å². The minimum Gasteiger partial charge on any atom is -0.346 e. The molecule has 0 saturated carbocycles. The molecule has 1 atom stereocenters. The maximum absolute atomic E-state index is 11.8. The van der Waals surface area contributed by atoms with E-state index < -0.39 is 6.04 Å². The molecule has 1 aromatic heterocycles. The molecule has 2 aliphatic rings. The van der Waals surface area contributed by atoms with Crippen LogP contribution in [0.25, 0.3) is 10.9 Å². The lowest BCUT2D eigenvalue weighted by Gasteiger charge is -2.15. The van der Waals surface area contributed by atoms with Gasteiger partial charge in [-0.15, -0.1) is 0 Å². The first kappa shape index (κ1) is 15.7. The third kappa shape index (κ3) is 3.08. The minimum atomic E-state index is -0.402. The number of likely N-dealkylation sites (tertiary alicyclic amines) is 1. The Labute approximate surface area is 145 Å². The fourth-order valence-corrected chi connectivity index (χ4v) is 4.33. The average Bonchev–Trinajstić information content (AvgIpc) is 3.27. The molecule has 1 amide bonds. The number of nitrogens with one attached hydrogen (secondary N) is 1. The predicted molar refractivity (Wildman–Crippen MR) is 96.2 cm³/mol. The SMILES string of the molecule is O=C1NC(Cc2cccc3c2ccn3CCN2CCCC2)C(=O)S1. The normalized spacial score (nSPS) is 21.8. The molecule has 3 heterocycles. The zero-order valence-corrected chi connectivity index (χ0v) is 14.3. The molecule has 2 fully saturated rings. The van der Waals surface area contributed by atoms with Crippen molar-refractivity contribution in [1.29, 1.82) is 0 Å². The van der Waals surface area contributed by atoms with Gasteiger partial charge in [0.05, 0.1) is 0 Å². The summed E-state index contributed by atoms with van der Waals surface area (Å²) >= 11 is 0.781. The number of benzene rings is 1. The zero-order chi connectivity index (χ0) is 16.5. The van der Waals surface area contributed by atoms with Crippen molar-refractivity contribution in [3.8, 4) is 0 Å². The Kier molecular flexibility index (Phi) is 4.33. The molecule has 6 heteroatoms. The van der Waals surface area contributed by atoms with Gasteiger partial charge in [-0.1, -0.05) is 12.1 Å². The van der Waals surface area contributed by atoms with Crippen LogP contribution >= 0.6 is 11.8 Å². The van der Waals surface area contributed by atoms with Gasteiger partial charge in [0.2, 0.25) is 5.12 Å². The number of fused-ring (bicyclic) bond motifs is 1. The van der Waals surface area contributed by atoms with Crippen molar-refractivity contribution in [2.24, 2.45) is 0 Å². The largest absolute Gasteiger partial charge is 0.346 e. The van der Waals surface area contributed by atoms with Gasteiger partial charge in [0.1, 0.15) is 6.04 Å². The first-order chi connectivity index (χ1) is 11.7. The van der Waals surface area contributed by atoms with E-state index in [0.29, 0.717) is 6.42 Å². The third-order valence-electron chi connectivity index (χ3n) is 4.95. The highest BCUT2D eigenvalue weighted by Crippen LogP contribution is 2.25. The van der Waals surface area contributed by atoms with Crippen LogP contribution in [-0.2, 0) is 17.8 Å². The maximum atomic E-state index is 11.8. The van der Waals surface area contributed by atoms with Gasteiger partial charge >= 0.3 is 0 Å². The second-order valence-electron chi connectivity index (χ2n) is 6.52. The van der Waals surface area contributed by atoms with Crippen molar-refractivity contribution in [2.75, 3.05) is 19.6 Å². The van der Waals surface area contributed by atoms with E-state index in [0.717, 1.165) is 30.4 Å². The van der Waals surface area contributed by atoms with Crippen LogP contribution in [0.2, 0.25) is 0 Å². The van der Waals surface area contributed by atoms with Gasteiger partial charge in [-0.3, -0.25) is 9.59 Å². The third-order valence-corrected chi connectivity index (χ3v) is 5.74. The van der Waals surface area contributed by atoms with E-state index in [-0.39, 0.29) is 10.4 Å². The van der Waals surface area contributed by atoms with E-state index in [1.807, 2.05) is 6.07 Å². The number of hydrogen-bond donors (Lipinski definition) is 1. The highest BCUT2D eigenvalue weighted by molar-refractivity contribution is 8.26. The number of amides is 1. The van der Waals surface area contributed by atoms with Crippen molar-refractivity contribution in [3.63, 3.8) is 0 Å². The second-order valence-corrected chi connectivity index (χ2v) is 7.49. The van der Waals surface area contributed by atoms with Gasteiger partial charge in [0, 0.05) is 48.4 Å². The Morgan fingerprint density at radius 3 is 2.71 bits per heavy atom. The molecular weight excluding hydrogens is 322 g/mol. The molecule has 1 unspecified atom stereocenters. The van der Waals surface area contributed by atoms with E-state index in [9.17, 15) is 9.59 Å². The lowest BCUT2D eigenvalue weighted by atomic mass is 10.0. The van der Waals surface area contributed by atoms with Crippen molar-refractivity contribution in [1.82, 2.24) is 14.8 Å². The quantitative estimate of drug-likeness (QED) is 0.907. The molecule has 1 N–H and O–H groups in total. The summed E-state index contributed by atoms with van der Waals surface area (Å²) in [7, 11) is 0. The van der Waals surface area contributed by atoms with Gasteiger partial charge in [-0.25, -0.2) is 0 Å². The van der Waals surface area contributed by atoms with Gasteiger partial charge < -0.3 is 14.8 Å². The second kappa shape index (κ2) is 6.61. The van der Waals surface area contributed by atoms with E-state index in [1.54, 1.807) is 0 Å². The Hall–Kier alpha value is -1.79. The van der Waals surface area contributed by atoms with Crippen LogP contribution < -0.4 is 5.32 Å². The van der Waals surface area contributed by atoms with Crippen molar-refractivity contribution in [2.45, 2.75) is 31.8 Å². The lowest BCUT2D eigenvalue weighted by Crippen LogP contribution is -2.30. The first-order valence-electron chi connectivity index (χ1n) is 8.52. The molecule has 0 aliphatic carbocycles. The summed E-state index contributed by atoms with van der Waals surface area (Å²) in [4.78, 5) is 25.7. The number of carbonyl (C=O) groups excluding carboxylic acids is 2. The summed E-state index contributed by atoms with van der Waals surface area (Å²) in [5.74, 6) is 0. The number of hydrogen-bond acceptors (Lipinski definition) is 4. The lowest BCUT2D eigenvalue weighted by molar-refractivity contribution is -0.112. The van der Waals surface area contributed by atoms with Gasteiger partial charge in [0.15, 0.2) is 0 Å². The fraction of sp³-hybridized carbons (Fsp3) is 0.444. The van der Waals surface area contributed by atoms with E-state index in [4.69, 9.17) is 0 Å². The molecule has 0 bridgehead atoms. The number of rotatable bonds is 5. The van der Waals surface area contributed by atoms with Crippen LogP contribution in [-0.4, -0.2) is 45.5 Å². The van der Waals surface area contributed by atoms with Crippen molar-refractivity contribution >= 4 is 33.0 Å². The molecule has 2 aromatic rings. The first-order valence-corrected chi connectivity index (χ1v) is 9.33. The summed E-state index contributed by atoms with van der Waals surface area (Å²) in [6.45, 7) is 4.50. The molecule has 24 heavy (non-hydrogen) atoms. The van der Waals surface area contributed by atoms with Gasteiger partial charge in [-0.2, -0.15) is 0 Å². The summed E-state index contributed by atoms with van der Waals surface area (Å²) in [5, 5.41) is 3.61. The number of nitrogens with zero attached hydrogens (tertiary/aromatic N) is 2. The van der Waals surface area contributed by atoms with E-state index in [2.05, 4.69) is 39.2 Å².